The smallest absolute Gasteiger partial charge is 0.220 e. The predicted molar refractivity (Wildman–Crippen MR) is 94.5 cm³/mol. The summed E-state index contributed by atoms with van der Waals surface area (Å²) in [4.78, 5) is 15.3. The Morgan fingerprint density at radius 1 is 1.00 bits per heavy atom. The molecule has 0 saturated heterocycles. The van der Waals surface area contributed by atoms with Crippen LogP contribution in [0.15, 0.2) is 54.7 Å². The van der Waals surface area contributed by atoms with Crippen LogP contribution in [0.4, 0.5) is 0 Å². The third kappa shape index (κ3) is 3.81. The Morgan fingerprint density at radius 3 is 2.65 bits per heavy atom. The molecule has 3 nitrogen and oxygen atoms in total. The molecule has 0 saturated carbocycles. The average molecular weight is 306 g/mol. The van der Waals surface area contributed by atoms with Gasteiger partial charge >= 0.3 is 0 Å². The Morgan fingerprint density at radius 2 is 1.78 bits per heavy atom. The van der Waals surface area contributed by atoms with E-state index in [0.717, 1.165) is 18.4 Å². The number of H-pyrrole nitrogens is 1. The minimum Gasteiger partial charge on any atom is -0.361 e. The van der Waals surface area contributed by atoms with Gasteiger partial charge in [-0.15, -0.1) is 0 Å². The van der Waals surface area contributed by atoms with Crippen molar-refractivity contribution in [1.29, 1.82) is 0 Å². The van der Waals surface area contributed by atoms with Gasteiger partial charge < -0.3 is 10.3 Å². The van der Waals surface area contributed by atoms with Crippen molar-refractivity contribution in [2.24, 2.45) is 0 Å². The first-order chi connectivity index (χ1) is 11.2. The van der Waals surface area contributed by atoms with E-state index in [1.54, 1.807) is 0 Å². The first kappa shape index (κ1) is 15.3. The minimum absolute atomic E-state index is 0.115. The summed E-state index contributed by atoms with van der Waals surface area (Å²) in [6, 6.07) is 16.5. The van der Waals surface area contributed by atoms with Crippen LogP contribution in [0.5, 0.6) is 0 Å². The summed E-state index contributed by atoms with van der Waals surface area (Å²) >= 11 is 0. The Bertz CT molecular complexity index is 804. The molecule has 0 aliphatic rings. The summed E-state index contributed by atoms with van der Waals surface area (Å²) in [5, 5.41) is 4.23. The predicted octanol–water partition coefficient (Wildman–Crippen LogP) is 3.77. The van der Waals surface area contributed by atoms with Crippen molar-refractivity contribution in [3.05, 3.63) is 71.4 Å². The number of aromatic nitrogens is 1. The zero-order chi connectivity index (χ0) is 16.1. The number of aryl methyl sites for hydroxylation is 2. The molecule has 0 bridgehead atoms. The van der Waals surface area contributed by atoms with Gasteiger partial charge in [0.05, 0.1) is 0 Å². The fraction of sp³-hybridized carbons (Fsp3) is 0.250. The minimum atomic E-state index is 0.115. The van der Waals surface area contributed by atoms with Crippen LogP contribution in [0.3, 0.4) is 0 Å². The zero-order valence-electron chi connectivity index (χ0n) is 13.4. The van der Waals surface area contributed by atoms with Gasteiger partial charge in [-0.05, 0) is 42.5 Å². The van der Waals surface area contributed by atoms with Gasteiger partial charge in [0.2, 0.25) is 5.91 Å². The normalized spacial score (nSPS) is 10.8. The molecule has 1 amide bonds. The third-order valence-electron chi connectivity index (χ3n) is 4.27. The second-order valence-corrected chi connectivity index (χ2v) is 5.89. The van der Waals surface area contributed by atoms with E-state index in [9.17, 15) is 4.79 Å². The second kappa shape index (κ2) is 7.14. The van der Waals surface area contributed by atoms with Gasteiger partial charge in [0.15, 0.2) is 0 Å². The highest BCUT2D eigenvalue weighted by molar-refractivity contribution is 5.84. The van der Waals surface area contributed by atoms with Gasteiger partial charge in [-0.25, -0.2) is 0 Å². The topological polar surface area (TPSA) is 44.9 Å². The molecule has 0 atom stereocenters. The average Bonchev–Trinajstić information content (AvgIpc) is 2.98. The maximum Gasteiger partial charge on any atom is 0.220 e. The number of carbonyl (C=O) groups is 1. The van der Waals surface area contributed by atoms with Crippen molar-refractivity contribution >= 4 is 16.8 Å². The van der Waals surface area contributed by atoms with Gasteiger partial charge in [0, 0.05) is 30.1 Å². The van der Waals surface area contributed by atoms with Crippen LogP contribution in [0, 0.1) is 6.92 Å². The monoisotopic (exact) mass is 306 g/mol. The highest BCUT2D eigenvalue weighted by Crippen LogP contribution is 2.18. The molecule has 0 fully saturated rings. The summed E-state index contributed by atoms with van der Waals surface area (Å²) in [6.45, 7) is 2.80. The SMILES string of the molecule is Cc1ccccc1CCNC(=O)CCc1c[nH]c2ccccc12. The lowest BCUT2D eigenvalue weighted by Gasteiger charge is -2.07. The number of para-hydroxylation sites is 1. The standard InChI is InChI=1S/C20H22N2O/c1-15-6-2-3-7-16(15)12-13-21-20(23)11-10-17-14-22-19-9-5-4-8-18(17)19/h2-9,14,22H,10-13H2,1H3,(H,21,23). The zero-order valence-corrected chi connectivity index (χ0v) is 13.4. The Kier molecular flexibility index (Phi) is 4.77. The number of fused-ring (bicyclic) bond motifs is 1. The maximum atomic E-state index is 12.0. The van der Waals surface area contributed by atoms with Gasteiger partial charge in [0.1, 0.15) is 0 Å². The highest BCUT2D eigenvalue weighted by atomic mass is 16.1. The van der Waals surface area contributed by atoms with Gasteiger partial charge in [-0.2, -0.15) is 0 Å². The molecule has 3 heteroatoms. The largest absolute Gasteiger partial charge is 0.361 e. The molecule has 1 aromatic heterocycles. The van der Waals surface area contributed by atoms with Gasteiger partial charge in [0.25, 0.3) is 0 Å². The molecular weight excluding hydrogens is 284 g/mol. The number of rotatable bonds is 6. The fourth-order valence-electron chi connectivity index (χ4n) is 2.90. The number of hydrogen-bond donors (Lipinski definition) is 2. The van der Waals surface area contributed by atoms with Crippen molar-refractivity contribution in [2.45, 2.75) is 26.2 Å². The van der Waals surface area contributed by atoms with Gasteiger partial charge in [-0.1, -0.05) is 42.5 Å². The second-order valence-electron chi connectivity index (χ2n) is 5.89. The molecule has 23 heavy (non-hydrogen) atoms. The van der Waals surface area contributed by atoms with Crippen LogP contribution in [0.1, 0.15) is 23.1 Å². The number of benzene rings is 2. The molecule has 0 spiro atoms. The summed E-state index contributed by atoms with van der Waals surface area (Å²) < 4.78 is 0. The summed E-state index contributed by atoms with van der Waals surface area (Å²) in [5.74, 6) is 0.115. The van der Waals surface area contributed by atoms with E-state index < -0.39 is 0 Å². The molecule has 3 aromatic rings. The highest BCUT2D eigenvalue weighted by Gasteiger charge is 2.06. The molecule has 0 aliphatic carbocycles. The molecule has 0 unspecified atom stereocenters. The summed E-state index contributed by atoms with van der Waals surface area (Å²) in [5.41, 5.74) is 4.90. The molecule has 1 heterocycles. The number of hydrogen-bond acceptors (Lipinski definition) is 1. The Balaban J connectivity index is 1.47. The van der Waals surface area contributed by atoms with Crippen molar-refractivity contribution in [3.8, 4) is 0 Å². The van der Waals surface area contributed by atoms with Crippen LogP contribution in [-0.2, 0) is 17.6 Å². The van der Waals surface area contributed by atoms with Crippen molar-refractivity contribution in [1.82, 2.24) is 10.3 Å². The van der Waals surface area contributed by atoms with Crippen LogP contribution in [-0.4, -0.2) is 17.4 Å². The molecule has 3 rings (SSSR count). The number of amides is 1. The Labute approximate surface area is 136 Å². The van der Waals surface area contributed by atoms with E-state index in [1.807, 2.05) is 30.5 Å². The maximum absolute atomic E-state index is 12.0. The van der Waals surface area contributed by atoms with Crippen molar-refractivity contribution in [2.75, 3.05) is 6.54 Å². The van der Waals surface area contributed by atoms with E-state index in [1.165, 1.54) is 22.1 Å². The number of carbonyl (C=O) groups excluding carboxylic acids is 1. The lowest BCUT2D eigenvalue weighted by Crippen LogP contribution is -2.26. The van der Waals surface area contributed by atoms with Crippen LogP contribution in [0.2, 0.25) is 0 Å². The summed E-state index contributed by atoms with van der Waals surface area (Å²) in [6.07, 6.45) is 4.17. The molecular formula is C20H22N2O. The van der Waals surface area contributed by atoms with E-state index in [-0.39, 0.29) is 5.91 Å². The van der Waals surface area contributed by atoms with E-state index in [4.69, 9.17) is 0 Å². The van der Waals surface area contributed by atoms with E-state index in [2.05, 4.69) is 41.5 Å². The fourth-order valence-corrected chi connectivity index (χ4v) is 2.90. The summed E-state index contributed by atoms with van der Waals surface area (Å²) in [7, 11) is 0. The molecule has 2 N–H and O–H groups in total. The number of aromatic amines is 1. The van der Waals surface area contributed by atoms with Gasteiger partial charge in [-0.3, -0.25) is 4.79 Å². The number of nitrogens with one attached hydrogen (secondary N) is 2. The molecule has 0 aliphatic heterocycles. The molecule has 0 radical (unpaired) electrons. The van der Waals surface area contributed by atoms with Crippen LogP contribution in [0.25, 0.3) is 10.9 Å². The Hall–Kier alpha value is -2.55. The van der Waals surface area contributed by atoms with Crippen LogP contribution < -0.4 is 5.32 Å². The lowest BCUT2D eigenvalue weighted by molar-refractivity contribution is -0.121. The molecule has 2 aromatic carbocycles. The lowest BCUT2D eigenvalue weighted by atomic mass is 10.1. The third-order valence-corrected chi connectivity index (χ3v) is 4.27. The van der Waals surface area contributed by atoms with Crippen molar-refractivity contribution in [3.63, 3.8) is 0 Å². The quantitative estimate of drug-likeness (QED) is 0.715. The van der Waals surface area contributed by atoms with E-state index in [0.29, 0.717) is 13.0 Å². The van der Waals surface area contributed by atoms with Crippen molar-refractivity contribution < 1.29 is 4.79 Å². The van der Waals surface area contributed by atoms with E-state index >= 15 is 0 Å². The van der Waals surface area contributed by atoms with Crippen LogP contribution >= 0.6 is 0 Å². The first-order valence-corrected chi connectivity index (χ1v) is 8.10. The molecule has 118 valence electrons. The first-order valence-electron chi connectivity index (χ1n) is 8.10.